The summed E-state index contributed by atoms with van der Waals surface area (Å²) < 4.78 is 9.96. The van der Waals surface area contributed by atoms with E-state index in [0.717, 1.165) is 19.5 Å². The summed E-state index contributed by atoms with van der Waals surface area (Å²) in [6.45, 7) is 4.22. The van der Waals surface area contributed by atoms with Gasteiger partial charge in [0, 0.05) is 13.7 Å². The van der Waals surface area contributed by atoms with Crippen LogP contribution in [0, 0.1) is 0 Å². The molecule has 1 atom stereocenters. The Bertz CT molecular complexity index is 701. The van der Waals surface area contributed by atoms with Gasteiger partial charge in [-0.2, -0.15) is 4.98 Å². The van der Waals surface area contributed by atoms with E-state index in [-0.39, 0.29) is 25.1 Å². The molecule has 0 saturated heterocycles. The van der Waals surface area contributed by atoms with Crippen molar-refractivity contribution in [3.05, 3.63) is 47.1 Å². The van der Waals surface area contributed by atoms with Crippen molar-refractivity contribution >= 4 is 5.91 Å². The van der Waals surface area contributed by atoms with Crippen molar-refractivity contribution < 1.29 is 14.1 Å². The first-order valence-corrected chi connectivity index (χ1v) is 8.10. The Morgan fingerprint density at radius 2 is 2.21 bits per heavy atom. The number of rotatable bonds is 6. The smallest absolute Gasteiger partial charge is 0.252 e. The molecular weight excluding hydrogens is 308 g/mol. The molecule has 1 aliphatic rings. The summed E-state index contributed by atoms with van der Waals surface area (Å²) >= 11 is 0. The SMILES string of the molecule is CCN1Cc2ccccc2C[C@H]1C(=O)NCc1noc(COC)n1. The summed E-state index contributed by atoms with van der Waals surface area (Å²) in [5, 5.41) is 6.75. The van der Waals surface area contributed by atoms with Gasteiger partial charge in [0.1, 0.15) is 6.61 Å². The molecule has 0 saturated carbocycles. The maximum Gasteiger partial charge on any atom is 0.252 e. The number of hydrogen-bond donors (Lipinski definition) is 1. The van der Waals surface area contributed by atoms with Gasteiger partial charge in [0.05, 0.1) is 12.6 Å². The van der Waals surface area contributed by atoms with Gasteiger partial charge >= 0.3 is 0 Å². The Balaban J connectivity index is 1.63. The lowest BCUT2D eigenvalue weighted by Crippen LogP contribution is -2.50. The van der Waals surface area contributed by atoms with Gasteiger partial charge in [-0.05, 0) is 24.1 Å². The van der Waals surface area contributed by atoms with Crippen molar-refractivity contribution in [1.29, 1.82) is 0 Å². The van der Waals surface area contributed by atoms with Crippen LogP contribution in [0.15, 0.2) is 28.8 Å². The number of hydrogen-bond acceptors (Lipinski definition) is 6. The second-order valence-corrected chi connectivity index (χ2v) is 5.81. The number of amides is 1. The van der Waals surface area contributed by atoms with Crippen LogP contribution in [0.1, 0.15) is 29.8 Å². The van der Waals surface area contributed by atoms with Gasteiger partial charge in [0.15, 0.2) is 5.82 Å². The summed E-state index contributed by atoms with van der Waals surface area (Å²) in [6, 6.07) is 8.12. The average molecular weight is 330 g/mol. The predicted molar refractivity (Wildman–Crippen MR) is 86.9 cm³/mol. The fourth-order valence-corrected chi connectivity index (χ4v) is 3.00. The molecule has 0 fully saturated rings. The fraction of sp³-hybridized carbons (Fsp3) is 0.471. The van der Waals surface area contributed by atoms with Crippen molar-refractivity contribution in [2.24, 2.45) is 0 Å². The number of benzene rings is 1. The van der Waals surface area contributed by atoms with Crippen LogP contribution in [-0.2, 0) is 35.6 Å². The third-order valence-corrected chi connectivity index (χ3v) is 4.25. The molecule has 1 N–H and O–H groups in total. The van der Waals surface area contributed by atoms with Crippen molar-refractivity contribution in [3.63, 3.8) is 0 Å². The lowest BCUT2D eigenvalue weighted by Gasteiger charge is -2.35. The van der Waals surface area contributed by atoms with E-state index < -0.39 is 0 Å². The Hall–Kier alpha value is -2.25. The average Bonchev–Trinajstić information content (AvgIpc) is 3.06. The van der Waals surface area contributed by atoms with E-state index in [0.29, 0.717) is 11.7 Å². The molecule has 0 radical (unpaired) electrons. The second kappa shape index (κ2) is 7.55. The number of nitrogens with zero attached hydrogens (tertiary/aromatic N) is 3. The normalized spacial score (nSPS) is 17.5. The summed E-state index contributed by atoms with van der Waals surface area (Å²) in [5.74, 6) is 0.850. The van der Waals surface area contributed by atoms with Gasteiger partial charge in [0.2, 0.25) is 5.91 Å². The van der Waals surface area contributed by atoms with Gasteiger partial charge < -0.3 is 14.6 Å². The molecule has 1 aliphatic heterocycles. The minimum Gasteiger partial charge on any atom is -0.375 e. The summed E-state index contributed by atoms with van der Waals surface area (Å²) in [6.07, 6.45) is 0.719. The van der Waals surface area contributed by atoms with Crippen LogP contribution in [0.5, 0.6) is 0 Å². The third kappa shape index (κ3) is 3.63. The van der Waals surface area contributed by atoms with Crippen LogP contribution >= 0.6 is 0 Å². The Morgan fingerprint density at radius 3 is 2.96 bits per heavy atom. The zero-order valence-corrected chi connectivity index (χ0v) is 14.0. The quantitative estimate of drug-likeness (QED) is 0.859. The number of nitrogens with one attached hydrogen (secondary N) is 1. The number of aromatic nitrogens is 2. The molecule has 7 nitrogen and oxygen atoms in total. The molecule has 24 heavy (non-hydrogen) atoms. The van der Waals surface area contributed by atoms with E-state index in [2.05, 4.69) is 39.4 Å². The molecule has 128 valence electrons. The number of fused-ring (bicyclic) bond motifs is 1. The molecule has 0 unspecified atom stereocenters. The molecule has 0 bridgehead atoms. The number of carbonyl (C=O) groups is 1. The van der Waals surface area contributed by atoms with E-state index in [1.807, 2.05) is 12.1 Å². The molecule has 1 aromatic heterocycles. The number of methoxy groups -OCH3 is 1. The molecule has 2 heterocycles. The lowest BCUT2D eigenvalue weighted by molar-refractivity contribution is -0.127. The van der Waals surface area contributed by atoms with Gasteiger partial charge in [0.25, 0.3) is 5.89 Å². The second-order valence-electron chi connectivity index (χ2n) is 5.81. The van der Waals surface area contributed by atoms with Crippen LogP contribution in [0.3, 0.4) is 0 Å². The topological polar surface area (TPSA) is 80.5 Å². The maximum absolute atomic E-state index is 12.6. The molecule has 0 aliphatic carbocycles. The van der Waals surface area contributed by atoms with E-state index >= 15 is 0 Å². The Morgan fingerprint density at radius 1 is 1.42 bits per heavy atom. The molecule has 1 amide bonds. The highest BCUT2D eigenvalue weighted by Crippen LogP contribution is 2.23. The number of carbonyl (C=O) groups excluding carboxylic acids is 1. The highest BCUT2D eigenvalue weighted by Gasteiger charge is 2.30. The largest absolute Gasteiger partial charge is 0.375 e. The summed E-state index contributed by atoms with van der Waals surface area (Å²) in [7, 11) is 1.56. The van der Waals surface area contributed by atoms with Crippen LogP contribution in [-0.4, -0.2) is 40.6 Å². The molecule has 7 heteroatoms. The highest BCUT2D eigenvalue weighted by atomic mass is 16.5. The van der Waals surface area contributed by atoms with Crippen molar-refractivity contribution in [1.82, 2.24) is 20.4 Å². The standard InChI is InChI=1S/C17H22N4O3/c1-3-21-10-13-7-5-4-6-12(13)8-14(21)17(22)18-9-15-19-16(11-23-2)24-20-15/h4-7,14H,3,8-11H2,1-2H3,(H,18,22)/t14-/m0/s1. The van der Waals surface area contributed by atoms with E-state index in [1.54, 1.807) is 7.11 Å². The van der Waals surface area contributed by atoms with Gasteiger partial charge in [-0.1, -0.05) is 36.3 Å². The molecule has 3 rings (SSSR count). The van der Waals surface area contributed by atoms with E-state index in [9.17, 15) is 4.79 Å². The monoisotopic (exact) mass is 330 g/mol. The lowest BCUT2D eigenvalue weighted by atomic mass is 9.93. The zero-order valence-electron chi connectivity index (χ0n) is 14.0. The molecular formula is C17H22N4O3. The van der Waals surface area contributed by atoms with Crippen molar-refractivity contribution in [3.8, 4) is 0 Å². The van der Waals surface area contributed by atoms with Crippen LogP contribution in [0.25, 0.3) is 0 Å². The predicted octanol–water partition coefficient (Wildman–Crippen LogP) is 1.28. The first kappa shape index (κ1) is 16.6. The minimum absolute atomic E-state index is 0.00977. The number of likely N-dealkylation sites (N-methyl/N-ethyl adjacent to an activating group) is 1. The minimum atomic E-state index is -0.171. The van der Waals surface area contributed by atoms with E-state index in [1.165, 1.54) is 11.1 Å². The molecule has 0 spiro atoms. The van der Waals surface area contributed by atoms with Crippen LogP contribution in [0.4, 0.5) is 0 Å². The maximum atomic E-state index is 12.6. The Labute approximate surface area is 141 Å². The first-order chi connectivity index (χ1) is 11.7. The molecule has 1 aromatic carbocycles. The van der Waals surface area contributed by atoms with Gasteiger partial charge in [-0.3, -0.25) is 9.69 Å². The van der Waals surface area contributed by atoms with Gasteiger partial charge in [-0.15, -0.1) is 0 Å². The summed E-state index contributed by atoms with van der Waals surface area (Å²) in [5.41, 5.74) is 2.54. The van der Waals surface area contributed by atoms with Gasteiger partial charge in [-0.25, -0.2) is 0 Å². The van der Waals surface area contributed by atoms with Crippen LogP contribution in [0.2, 0.25) is 0 Å². The van der Waals surface area contributed by atoms with Crippen LogP contribution < -0.4 is 5.32 Å². The highest BCUT2D eigenvalue weighted by molar-refractivity contribution is 5.82. The number of ether oxygens (including phenoxy) is 1. The third-order valence-electron chi connectivity index (χ3n) is 4.25. The summed E-state index contributed by atoms with van der Waals surface area (Å²) in [4.78, 5) is 19.0. The van der Waals surface area contributed by atoms with E-state index in [4.69, 9.17) is 9.26 Å². The zero-order chi connectivity index (χ0) is 16.9. The fourth-order valence-electron chi connectivity index (χ4n) is 3.00. The Kier molecular flexibility index (Phi) is 5.22. The van der Waals surface area contributed by atoms with Crippen molar-refractivity contribution in [2.75, 3.05) is 13.7 Å². The first-order valence-electron chi connectivity index (χ1n) is 8.10. The molecule has 2 aromatic rings. The van der Waals surface area contributed by atoms with Crippen molar-refractivity contribution in [2.45, 2.75) is 39.1 Å².